The van der Waals surface area contributed by atoms with Gasteiger partial charge in [-0.1, -0.05) is 22.8 Å². The monoisotopic (exact) mass is 319 g/mol. The fourth-order valence-electron chi connectivity index (χ4n) is 1.43. The molecule has 0 aliphatic carbocycles. The third-order valence-electron chi connectivity index (χ3n) is 2.25. The second-order valence-corrected chi connectivity index (χ2v) is 4.11. The van der Waals surface area contributed by atoms with E-state index in [1.165, 1.54) is 13.0 Å². The number of rotatable bonds is 4. The van der Waals surface area contributed by atoms with E-state index in [0.717, 1.165) is 12.1 Å². The summed E-state index contributed by atoms with van der Waals surface area (Å²) in [7, 11) is 0. The maximum absolute atomic E-state index is 12.9. The van der Waals surface area contributed by atoms with E-state index in [0.29, 0.717) is 6.07 Å². The Hall–Kier alpha value is -2.18. The van der Waals surface area contributed by atoms with E-state index in [4.69, 9.17) is 17.1 Å². The summed E-state index contributed by atoms with van der Waals surface area (Å²) >= 11 is 5.54. The third-order valence-corrected chi connectivity index (χ3v) is 2.49. The molecular weight excluding hydrogens is 311 g/mol. The van der Waals surface area contributed by atoms with Crippen molar-refractivity contribution in [3.05, 3.63) is 50.5 Å². The van der Waals surface area contributed by atoms with Gasteiger partial charge < -0.3 is 4.74 Å². The lowest BCUT2D eigenvalue weighted by molar-refractivity contribution is -0.139. The molecule has 0 atom stereocenters. The first kappa shape index (κ1) is 16.9. The minimum Gasteiger partial charge on any atom is -0.462 e. The van der Waals surface area contributed by atoms with Crippen LogP contribution in [0.2, 0.25) is 5.02 Å². The SMILES string of the molecule is CCOC(=O)C(=Cc1ccc(Cl)cc1C(F)(F)F)N=[N+]=[N-]. The second-order valence-electron chi connectivity index (χ2n) is 3.67. The number of benzene rings is 1. The predicted molar refractivity (Wildman–Crippen MR) is 70.2 cm³/mol. The van der Waals surface area contributed by atoms with Crippen LogP contribution in [0, 0.1) is 0 Å². The molecule has 112 valence electrons. The number of azide groups is 1. The maximum atomic E-state index is 12.9. The molecule has 1 aromatic carbocycles. The highest BCUT2D eigenvalue weighted by Crippen LogP contribution is 2.34. The average Bonchev–Trinajstić information content (AvgIpc) is 2.39. The van der Waals surface area contributed by atoms with Crippen molar-refractivity contribution in [3.8, 4) is 0 Å². The van der Waals surface area contributed by atoms with E-state index in [-0.39, 0.29) is 17.2 Å². The molecule has 0 N–H and O–H groups in total. The molecule has 0 fully saturated rings. The van der Waals surface area contributed by atoms with Gasteiger partial charge in [-0.15, -0.1) is 0 Å². The second kappa shape index (κ2) is 7.01. The van der Waals surface area contributed by atoms with Gasteiger partial charge in [-0.25, -0.2) is 4.79 Å². The number of halogens is 4. The van der Waals surface area contributed by atoms with Gasteiger partial charge in [0.15, 0.2) is 0 Å². The summed E-state index contributed by atoms with van der Waals surface area (Å²) in [5, 5.41) is 2.94. The quantitative estimate of drug-likeness (QED) is 0.268. The molecule has 1 aromatic rings. The van der Waals surface area contributed by atoms with Crippen LogP contribution in [0.1, 0.15) is 18.1 Å². The number of esters is 1. The Morgan fingerprint density at radius 1 is 1.52 bits per heavy atom. The Kier molecular flexibility index (Phi) is 5.63. The van der Waals surface area contributed by atoms with Crippen molar-refractivity contribution in [1.29, 1.82) is 0 Å². The molecule has 0 heterocycles. The van der Waals surface area contributed by atoms with Crippen molar-refractivity contribution in [2.24, 2.45) is 5.11 Å². The Balaban J connectivity index is 3.40. The Labute approximate surface area is 122 Å². The standard InChI is InChI=1S/C12H9ClF3N3O2/c1-2-21-11(20)10(18-19-17)5-7-3-4-8(13)6-9(7)12(14,15)16/h3-6H,2H2,1H3. The van der Waals surface area contributed by atoms with Crippen LogP contribution in [-0.4, -0.2) is 12.6 Å². The number of carbonyl (C=O) groups excluding carboxylic acids is 1. The van der Waals surface area contributed by atoms with Crippen LogP contribution in [-0.2, 0) is 15.7 Å². The lowest BCUT2D eigenvalue weighted by atomic mass is 10.1. The van der Waals surface area contributed by atoms with Crippen LogP contribution in [0.4, 0.5) is 13.2 Å². The highest BCUT2D eigenvalue weighted by Gasteiger charge is 2.33. The molecule has 0 spiro atoms. The molecule has 0 saturated carbocycles. The minimum absolute atomic E-state index is 0.0101. The minimum atomic E-state index is -4.67. The summed E-state index contributed by atoms with van der Waals surface area (Å²) in [6, 6.07) is 3.00. The number of carbonyl (C=O) groups is 1. The zero-order valence-corrected chi connectivity index (χ0v) is 11.4. The van der Waals surface area contributed by atoms with Crippen molar-refractivity contribution in [1.82, 2.24) is 0 Å². The molecule has 9 heteroatoms. The molecule has 0 bridgehead atoms. The van der Waals surface area contributed by atoms with Crippen LogP contribution < -0.4 is 0 Å². The van der Waals surface area contributed by atoms with Crippen molar-refractivity contribution in [3.63, 3.8) is 0 Å². The molecule has 1 rings (SSSR count). The molecule has 0 radical (unpaired) electrons. The predicted octanol–water partition coefficient (Wildman–Crippen LogP) is 4.57. The average molecular weight is 320 g/mol. The van der Waals surface area contributed by atoms with E-state index in [9.17, 15) is 18.0 Å². The Morgan fingerprint density at radius 2 is 2.19 bits per heavy atom. The van der Waals surface area contributed by atoms with Gasteiger partial charge in [0, 0.05) is 9.93 Å². The van der Waals surface area contributed by atoms with E-state index < -0.39 is 23.4 Å². The normalized spacial score (nSPS) is 11.8. The van der Waals surface area contributed by atoms with Gasteiger partial charge in [-0.3, -0.25) is 0 Å². The molecule has 21 heavy (non-hydrogen) atoms. The molecule has 0 amide bonds. The van der Waals surface area contributed by atoms with Crippen LogP contribution in [0.3, 0.4) is 0 Å². The first-order chi connectivity index (χ1) is 9.79. The van der Waals surface area contributed by atoms with Crippen molar-refractivity contribution >= 4 is 23.6 Å². The molecule has 0 saturated heterocycles. The van der Waals surface area contributed by atoms with Crippen molar-refractivity contribution in [2.45, 2.75) is 13.1 Å². The number of ether oxygens (including phenoxy) is 1. The smallest absolute Gasteiger partial charge is 0.417 e. The number of hydrogen-bond acceptors (Lipinski definition) is 3. The molecule has 0 unspecified atom stereocenters. The van der Waals surface area contributed by atoms with Gasteiger partial charge >= 0.3 is 12.1 Å². The number of hydrogen-bond donors (Lipinski definition) is 0. The van der Waals surface area contributed by atoms with Crippen LogP contribution in [0.15, 0.2) is 29.0 Å². The van der Waals surface area contributed by atoms with E-state index in [1.54, 1.807) is 0 Å². The Morgan fingerprint density at radius 3 is 2.71 bits per heavy atom. The van der Waals surface area contributed by atoms with Crippen LogP contribution in [0.25, 0.3) is 16.5 Å². The zero-order valence-electron chi connectivity index (χ0n) is 10.7. The van der Waals surface area contributed by atoms with E-state index in [1.807, 2.05) is 0 Å². The fraction of sp³-hybridized carbons (Fsp3) is 0.250. The Bertz CT molecular complexity index is 623. The van der Waals surface area contributed by atoms with Gasteiger partial charge in [0.2, 0.25) is 0 Å². The topological polar surface area (TPSA) is 75.1 Å². The molecule has 0 aliphatic rings. The molecule has 5 nitrogen and oxygen atoms in total. The lowest BCUT2D eigenvalue weighted by Crippen LogP contribution is -2.09. The summed E-state index contributed by atoms with van der Waals surface area (Å²) < 4.78 is 43.3. The highest BCUT2D eigenvalue weighted by molar-refractivity contribution is 6.30. The highest BCUT2D eigenvalue weighted by atomic mass is 35.5. The molecule has 0 aromatic heterocycles. The van der Waals surface area contributed by atoms with E-state index in [2.05, 4.69) is 14.8 Å². The van der Waals surface area contributed by atoms with Crippen molar-refractivity contribution in [2.75, 3.05) is 6.61 Å². The summed E-state index contributed by atoms with van der Waals surface area (Å²) in [5.74, 6) is -1.02. The van der Waals surface area contributed by atoms with Crippen LogP contribution >= 0.6 is 11.6 Å². The number of alkyl halides is 3. The van der Waals surface area contributed by atoms with Gasteiger partial charge in [0.05, 0.1) is 12.2 Å². The van der Waals surface area contributed by atoms with E-state index >= 15 is 0 Å². The van der Waals surface area contributed by atoms with Gasteiger partial charge in [0.25, 0.3) is 0 Å². The first-order valence-electron chi connectivity index (χ1n) is 5.60. The van der Waals surface area contributed by atoms with Gasteiger partial charge in [-0.05, 0) is 36.2 Å². The summed E-state index contributed by atoms with van der Waals surface area (Å²) in [6.07, 6.45) is -3.87. The fourth-order valence-corrected chi connectivity index (χ4v) is 1.60. The van der Waals surface area contributed by atoms with Gasteiger partial charge in [-0.2, -0.15) is 13.2 Å². The third kappa shape index (κ3) is 4.70. The first-order valence-corrected chi connectivity index (χ1v) is 5.98. The molecular formula is C12H9ClF3N3O2. The summed E-state index contributed by atoms with van der Waals surface area (Å²) in [4.78, 5) is 13.9. The van der Waals surface area contributed by atoms with Crippen LogP contribution in [0.5, 0.6) is 0 Å². The summed E-state index contributed by atoms with van der Waals surface area (Å²) in [6.45, 7) is 1.50. The number of nitrogens with zero attached hydrogens (tertiary/aromatic N) is 3. The largest absolute Gasteiger partial charge is 0.462 e. The molecule has 0 aliphatic heterocycles. The lowest BCUT2D eigenvalue weighted by Gasteiger charge is -2.11. The summed E-state index contributed by atoms with van der Waals surface area (Å²) in [5.41, 5.74) is 6.38. The maximum Gasteiger partial charge on any atom is 0.417 e. The zero-order chi connectivity index (χ0) is 16.0. The van der Waals surface area contributed by atoms with Gasteiger partial charge in [0.1, 0.15) is 5.70 Å². The van der Waals surface area contributed by atoms with Crippen molar-refractivity contribution < 1.29 is 22.7 Å².